The second-order valence-corrected chi connectivity index (χ2v) is 7.34. The van der Waals surface area contributed by atoms with Crippen molar-refractivity contribution in [3.05, 3.63) is 46.2 Å². The number of likely N-dealkylation sites (N-methyl/N-ethyl adjacent to an activating group) is 1. The molecule has 1 fully saturated rings. The Hall–Kier alpha value is -2.28. The molecule has 2 amide bonds. The van der Waals surface area contributed by atoms with Crippen LogP contribution in [-0.4, -0.2) is 51.2 Å². The lowest BCUT2D eigenvalue weighted by molar-refractivity contribution is -0.134. The van der Waals surface area contributed by atoms with E-state index in [2.05, 4.69) is 16.9 Å². The lowest BCUT2D eigenvalue weighted by Crippen LogP contribution is -2.46. The normalized spacial score (nSPS) is 16.9. The Morgan fingerprint density at radius 2 is 2.20 bits per heavy atom. The van der Waals surface area contributed by atoms with Gasteiger partial charge < -0.3 is 9.80 Å². The van der Waals surface area contributed by atoms with E-state index in [0.717, 1.165) is 17.8 Å². The number of rotatable bonds is 5. The molecule has 3 rings (SSSR count). The third-order valence-electron chi connectivity index (χ3n) is 4.38. The Labute approximate surface area is 151 Å². The molecule has 2 aromatic rings. The van der Waals surface area contributed by atoms with Crippen molar-refractivity contribution in [2.24, 2.45) is 0 Å². The zero-order valence-corrected chi connectivity index (χ0v) is 15.3. The molecule has 1 aliphatic rings. The molecule has 6 nitrogen and oxygen atoms in total. The molecule has 0 radical (unpaired) electrons. The number of aromatic nitrogens is 2. The maximum Gasteiger partial charge on any atom is 0.273 e. The first-order valence-electron chi connectivity index (χ1n) is 8.50. The van der Waals surface area contributed by atoms with E-state index in [0.29, 0.717) is 25.2 Å². The Bertz CT molecular complexity index is 747. The van der Waals surface area contributed by atoms with Crippen LogP contribution >= 0.6 is 11.3 Å². The van der Waals surface area contributed by atoms with Gasteiger partial charge in [0, 0.05) is 30.9 Å². The highest BCUT2D eigenvalue weighted by atomic mass is 32.1. The standard InChI is InChI=1S/C18H22N4O2S/c1-3-13-11-20-16(25-13)12-21(2)18(24)15-8-6-10-22(15)17(23)14-7-4-5-9-19-14/h4-5,7,9,11,15H,3,6,8,10,12H2,1-2H3/t15-/m0/s1. The zero-order chi connectivity index (χ0) is 17.8. The van der Waals surface area contributed by atoms with E-state index >= 15 is 0 Å². The second-order valence-electron chi connectivity index (χ2n) is 6.14. The van der Waals surface area contributed by atoms with Gasteiger partial charge in [-0.2, -0.15) is 0 Å². The van der Waals surface area contributed by atoms with Gasteiger partial charge in [-0.25, -0.2) is 4.98 Å². The monoisotopic (exact) mass is 358 g/mol. The predicted octanol–water partition coefficient (Wildman–Crippen LogP) is 2.36. The smallest absolute Gasteiger partial charge is 0.273 e. The van der Waals surface area contributed by atoms with Crippen LogP contribution in [0.15, 0.2) is 30.6 Å². The van der Waals surface area contributed by atoms with Crippen LogP contribution in [0.4, 0.5) is 0 Å². The van der Waals surface area contributed by atoms with Crippen LogP contribution in [-0.2, 0) is 17.8 Å². The van der Waals surface area contributed by atoms with Crippen LogP contribution in [0.3, 0.4) is 0 Å². The molecule has 132 valence electrons. The summed E-state index contributed by atoms with van der Waals surface area (Å²) in [6.07, 6.45) is 5.94. The molecule has 0 saturated carbocycles. The number of aryl methyl sites for hydroxylation is 1. The average Bonchev–Trinajstić information content (AvgIpc) is 3.30. The number of thiazole rings is 1. The quantitative estimate of drug-likeness (QED) is 0.823. The van der Waals surface area contributed by atoms with Crippen molar-refractivity contribution in [1.82, 2.24) is 19.8 Å². The number of hydrogen-bond donors (Lipinski definition) is 0. The minimum absolute atomic E-state index is 0.0324. The predicted molar refractivity (Wildman–Crippen MR) is 96.3 cm³/mol. The van der Waals surface area contributed by atoms with E-state index in [9.17, 15) is 9.59 Å². The van der Waals surface area contributed by atoms with Gasteiger partial charge in [-0.3, -0.25) is 14.6 Å². The maximum absolute atomic E-state index is 12.9. The number of amides is 2. The van der Waals surface area contributed by atoms with Gasteiger partial charge in [-0.15, -0.1) is 11.3 Å². The number of pyridine rings is 1. The van der Waals surface area contributed by atoms with E-state index in [1.165, 1.54) is 4.88 Å². The molecule has 7 heteroatoms. The van der Waals surface area contributed by atoms with E-state index in [-0.39, 0.29) is 11.8 Å². The number of likely N-dealkylation sites (tertiary alicyclic amines) is 1. The second kappa shape index (κ2) is 7.74. The topological polar surface area (TPSA) is 66.4 Å². The van der Waals surface area contributed by atoms with Crippen LogP contribution in [0.1, 0.15) is 40.1 Å². The van der Waals surface area contributed by atoms with Crippen LogP contribution in [0.25, 0.3) is 0 Å². The van der Waals surface area contributed by atoms with Gasteiger partial charge in [-0.05, 0) is 31.4 Å². The molecule has 3 heterocycles. The summed E-state index contributed by atoms with van der Waals surface area (Å²) >= 11 is 1.63. The SMILES string of the molecule is CCc1cnc(CN(C)C(=O)[C@@H]2CCCN2C(=O)c2ccccn2)s1. The molecule has 0 aromatic carbocycles. The average molecular weight is 358 g/mol. The summed E-state index contributed by atoms with van der Waals surface area (Å²) in [6.45, 7) is 3.16. The molecule has 1 atom stereocenters. The van der Waals surface area contributed by atoms with Gasteiger partial charge in [0.25, 0.3) is 5.91 Å². The number of carbonyl (C=O) groups excluding carboxylic acids is 2. The van der Waals surface area contributed by atoms with Crippen molar-refractivity contribution in [2.75, 3.05) is 13.6 Å². The third kappa shape index (κ3) is 3.87. The van der Waals surface area contributed by atoms with E-state index in [1.807, 2.05) is 6.20 Å². The summed E-state index contributed by atoms with van der Waals surface area (Å²) in [5.74, 6) is -0.206. The first kappa shape index (κ1) is 17.5. The highest BCUT2D eigenvalue weighted by Crippen LogP contribution is 2.22. The fourth-order valence-electron chi connectivity index (χ4n) is 3.02. The largest absolute Gasteiger partial charge is 0.337 e. The van der Waals surface area contributed by atoms with Crippen LogP contribution in [0, 0.1) is 0 Å². The molecular weight excluding hydrogens is 336 g/mol. The van der Waals surface area contributed by atoms with Crippen LogP contribution in [0.5, 0.6) is 0 Å². The Morgan fingerprint density at radius 1 is 1.36 bits per heavy atom. The highest BCUT2D eigenvalue weighted by Gasteiger charge is 2.36. The van der Waals surface area contributed by atoms with Gasteiger partial charge in [-0.1, -0.05) is 13.0 Å². The van der Waals surface area contributed by atoms with Crippen molar-refractivity contribution >= 4 is 23.2 Å². The summed E-state index contributed by atoms with van der Waals surface area (Å²) in [4.78, 5) is 38.6. The molecule has 0 unspecified atom stereocenters. The fraction of sp³-hybridized carbons (Fsp3) is 0.444. The summed E-state index contributed by atoms with van der Waals surface area (Å²) < 4.78 is 0. The molecule has 0 spiro atoms. The first-order chi connectivity index (χ1) is 12.1. The van der Waals surface area contributed by atoms with E-state index in [4.69, 9.17) is 0 Å². The molecule has 1 aliphatic heterocycles. The Balaban J connectivity index is 1.68. The highest BCUT2D eigenvalue weighted by molar-refractivity contribution is 7.11. The molecule has 0 aliphatic carbocycles. The summed E-state index contributed by atoms with van der Waals surface area (Å²) in [5.41, 5.74) is 0.386. The van der Waals surface area contributed by atoms with Crippen molar-refractivity contribution in [3.8, 4) is 0 Å². The minimum Gasteiger partial charge on any atom is -0.337 e. The third-order valence-corrected chi connectivity index (χ3v) is 5.51. The zero-order valence-electron chi connectivity index (χ0n) is 14.5. The molecule has 0 bridgehead atoms. The van der Waals surface area contributed by atoms with Crippen molar-refractivity contribution in [3.63, 3.8) is 0 Å². The fourth-order valence-corrected chi connectivity index (χ4v) is 3.94. The number of hydrogen-bond acceptors (Lipinski definition) is 5. The Morgan fingerprint density at radius 3 is 2.88 bits per heavy atom. The maximum atomic E-state index is 12.9. The van der Waals surface area contributed by atoms with Crippen molar-refractivity contribution < 1.29 is 9.59 Å². The van der Waals surface area contributed by atoms with Crippen LogP contribution in [0.2, 0.25) is 0 Å². The van der Waals surface area contributed by atoms with E-state index in [1.54, 1.807) is 52.6 Å². The molecular formula is C18H22N4O2S. The lowest BCUT2D eigenvalue weighted by atomic mass is 10.2. The molecule has 2 aromatic heterocycles. The summed E-state index contributed by atoms with van der Waals surface area (Å²) in [7, 11) is 1.77. The van der Waals surface area contributed by atoms with E-state index < -0.39 is 6.04 Å². The summed E-state index contributed by atoms with van der Waals surface area (Å²) in [6, 6.07) is 4.83. The lowest BCUT2D eigenvalue weighted by Gasteiger charge is -2.27. The van der Waals surface area contributed by atoms with Crippen molar-refractivity contribution in [2.45, 2.75) is 38.8 Å². The van der Waals surface area contributed by atoms with Gasteiger partial charge in [0.15, 0.2) is 0 Å². The molecule has 25 heavy (non-hydrogen) atoms. The Kier molecular flexibility index (Phi) is 5.43. The van der Waals surface area contributed by atoms with Gasteiger partial charge in [0.2, 0.25) is 5.91 Å². The summed E-state index contributed by atoms with van der Waals surface area (Å²) in [5, 5.41) is 0.924. The van der Waals surface area contributed by atoms with Crippen LogP contribution < -0.4 is 0 Å². The first-order valence-corrected chi connectivity index (χ1v) is 9.32. The van der Waals surface area contributed by atoms with Crippen molar-refractivity contribution in [1.29, 1.82) is 0 Å². The van der Waals surface area contributed by atoms with Gasteiger partial charge in [0.05, 0.1) is 6.54 Å². The van der Waals surface area contributed by atoms with Gasteiger partial charge >= 0.3 is 0 Å². The minimum atomic E-state index is -0.412. The molecule has 0 N–H and O–H groups in total. The number of carbonyl (C=O) groups is 2. The number of nitrogens with zero attached hydrogens (tertiary/aromatic N) is 4. The molecule has 1 saturated heterocycles. The van der Waals surface area contributed by atoms with Gasteiger partial charge in [0.1, 0.15) is 16.7 Å².